The molecular formula is C25H23NO5. The fourth-order valence-electron chi connectivity index (χ4n) is 4.29. The SMILES string of the molecule is C[C@H](OC(=O)c1cccc(N2C(=O)[C@@H]3[C@H](C)C=CC[C@@H]3C2=O)c1)C(=O)c1ccccc1. The topological polar surface area (TPSA) is 80.8 Å². The largest absolute Gasteiger partial charge is 0.451 e. The number of anilines is 1. The lowest BCUT2D eigenvalue weighted by Gasteiger charge is -2.22. The van der Waals surface area contributed by atoms with Crippen molar-refractivity contribution in [3.8, 4) is 0 Å². The molecule has 4 atom stereocenters. The van der Waals surface area contributed by atoms with E-state index in [1.54, 1.807) is 42.5 Å². The Kier molecular flexibility index (Phi) is 5.55. The first-order chi connectivity index (χ1) is 14.9. The number of amides is 2. The quantitative estimate of drug-likeness (QED) is 0.320. The molecule has 0 spiro atoms. The van der Waals surface area contributed by atoms with Crippen LogP contribution in [-0.2, 0) is 14.3 Å². The number of rotatable bonds is 5. The fraction of sp³-hybridized carbons (Fsp3) is 0.280. The van der Waals surface area contributed by atoms with Crippen LogP contribution in [0.15, 0.2) is 66.7 Å². The summed E-state index contributed by atoms with van der Waals surface area (Å²) in [6.45, 7) is 3.45. The molecule has 31 heavy (non-hydrogen) atoms. The average Bonchev–Trinajstić information content (AvgIpc) is 3.04. The van der Waals surface area contributed by atoms with Crippen LogP contribution in [0.25, 0.3) is 0 Å². The predicted molar refractivity (Wildman–Crippen MR) is 114 cm³/mol. The second-order valence-corrected chi connectivity index (χ2v) is 8.00. The van der Waals surface area contributed by atoms with Gasteiger partial charge in [-0.2, -0.15) is 0 Å². The Morgan fingerprint density at radius 3 is 2.42 bits per heavy atom. The van der Waals surface area contributed by atoms with Crippen molar-refractivity contribution in [3.63, 3.8) is 0 Å². The zero-order valence-electron chi connectivity index (χ0n) is 17.4. The number of allylic oxidation sites excluding steroid dienone is 2. The Morgan fingerprint density at radius 2 is 1.71 bits per heavy atom. The normalized spacial score (nSPS) is 23.4. The maximum atomic E-state index is 13.0. The van der Waals surface area contributed by atoms with Crippen molar-refractivity contribution < 1.29 is 23.9 Å². The minimum Gasteiger partial charge on any atom is -0.451 e. The number of carbonyl (C=O) groups is 4. The van der Waals surface area contributed by atoms with Gasteiger partial charge < -0.3 is 4.74 Å². The summed E-state index contributed by atoms with van der Waals surface area (Å²) in [5.41, 5.74) is 0.968. The smallest absolute Gasteiger partial charge is 0.338 e. The number of hydrogen-bond donors (Lipinski definition) is 0. The third kappa shape index (κ3) is 3.81. The predicted octanol–water partition coefficient (Wildman–Crippen LogP) is 3.82. The van der Waals surface area contributed by atoms with Gasteiger partial charge in [-0.05, 0) is 37.5 Å². The molecule has 1 heterocycles. The van der Waals surface area contributed by atoms with E-state index in [2.05, 4.69) is 0 Å². The number of ether oxygens (including phenoxy) is 1. The van der Waals surface area contributed by atoms with Gasteiger partial charge in [-0.1, -0.05) is 55.5 Å². The molecule has 0 bridgehead atoms. The molecule has 0 N–H and O–H groups in total. The second-order valence-electron chi connectivity index (χ2n) is 8.00. The summed E-state index contributed by atoms with van der Waals surface area (Å²) in [7, 11) is 0. The molecule has 0 radical (unpaired) electrons. The molecular weight excluding hydrogens is 394 g/mol. The van der Waals surface area contributed by atoms with Crippen LogP contribution in [0.5, 0.6) is 0 Å². The third-order valence-electron chi connectivity index (χ3n) is 5.92. The second kappa shape index (κ2) is 8.30. The van der Waals surface area contributed by atoms with Crippen LogP contribution >= 0.6 is 0 Å². The van der Waals surface area contributed by atoms with Gasteiger partial charge in [0, 0.05) is 5.56 Å². The van der Waals surface area contributed by atoms with Gasteiger partial charge in [0.15, 0.2) is 6.10 Å². The highest BCUT2D eigenvalue weighted by atomic mass is 16.5. The van der Waals surface area contributed by atoms with E-state index in [4.69, 9.17) is 4.74 Å². The summed E-state index contributed by atoms with van der Waals surface area (Å²) >= 11 is 0. The molecule has 158 valence electrons. The number of Topliss-reactive ketones (excluding diaryl/α,β-unsaturated/α-hetero) is 1. The van der Waals surface area contributed by atoms with Gasteiger partial charge in [-0.15, -0.1) is 0 Å². The third-order valence-corrected chi connectivity index (χ3v) is 5.92. The molecule has 2 aromatic carbocycles. The lowest BCUT2D eigenvalue weighted by Crippen LogP contribution is -2.32. The fourth-order valence-corrected chi connectivity index (χ4v) is 4.29. The van der Waals surface area contributed by atoms with Crippen LogP contribution in [0.2, 0.25) is 0 Å². The number of carbonyl (C=O) groups excluding carboxylic acids is 4. The van der Waals surface area contributed by atoms with E-state index >= 15 is 0 Å². The number of imide groups is 1. The standard InChI is InChI=1S/C25H23NO5/c1-15-8-6-13-20-21(15)24(29)26(23(20)28)19-12-7-11-18(14-19)25(30)31-16(2)22(27)17-9-4-3-5-10-17/h3-12,14-16,20-21H,13H2,1-2H3/t15-,16+,20+,21-/m1/s1. The van der Waals surface area contributed by atoms with Gasteiger partial charge in [0.25, 0.3) is 0 Å². The molecule has 0 aromatic heterocycles. The summed E-state index contributed by atoms with van der Waals surface area (Å²) in [6.07, 6.45) is 3.48. The van der Waals surface area contributed by atoms with Crippen LogP contribution in [0.3, 0.4) is 0 Å². The number of benzene rings is 2. The Morgan fingerprint density at radius 1 is 1.00 bits per heavy atom. The molecule has 1 saturated heterocycles. The van der Waals surface area contributed by atoms with Gasteiger partial charge in [-0.25, -0.2) is 4.79 Å². The lowest BCUT2D eigenvalue weighted by molar-refractivity contribution is -0.122. The van der Waals surface area contributed by atoms with Crippen molar-refractivity contribution in [2.24, 2.45) is 17.8 Å². The summed E-state index contributed by atoms with van der Waals surface area (Å²) in [5.74, 6) is -2.25. The molecule has 1 aliphatic heterocycles. The van der Waals surface area contributed by atoms with Gasteiger partial charge >= 0.3 is 5.97 Å². The minimum atomic E-state index is -0.969. The van der Waals surface area contributed by atoms with E-state index in [9.17, 15) is 19.2 Å². The summed E-state index contributed by atoms with van der Waals surface area (Å²) in [6, 6.07) is 14.8. The minimum absolute atomic E-state index is 0.0156. The first-order valence-electron chi connectivity index (χ1n) is 10.3. The summed E-state index contributed by atoms with van der Waals surface area (Å²) in [5, 5.41) is 0. The van der Waals surface area contributed by atoms with Crippen LogP contribution in [-0.4, -0.2) is 29.7 Å². The zero-order chi connectivity index (χ0) is 22.1. The maximum Gasteiger partial charge on any atom is 0.338 e. The molecule has 0 saturated carbocycles. The highest BCUT2D eigenvalue weighted by Gasteiger charge is 2.50. The van der Waals surface area contributed by atoms with Crippen molar-refractivity contribution >= 4 is 29.3 Å². The van der Waals surface area contributed by atoms with Gasteiger partial charge in [0.05, 0.1) is 23.1 Å². The maximum absolute atomic E-state index is 13.0. The molecule has 2 aliphatic rings. The summed E-state index contributed by atoms with van der Waals surface area (Å²) < 4.78 is 5.35. The van der Waals surface area contributed by atoms with E-state index in [0.29, 0.717) is 17.7 Å². The number of esters is 1. The first-order valence-corrected chi connectivity index (χ1v) is 10.3. The Balaban J connectivity index is 1.52. The highest BCUT2D eigenvalue weighted by molar-refractivity contribution is 6.22. The monoisotopic (exact) mass is 417 g/mol. The van der Waals surface area contributed by atoms with Crippen molar-refractivity contribution in [3.05, 3.63) is 77.9 Å². The molecule has 1 fully saturated rings. The number of fused-ring (bicyclic) bond motifs is 1. The highest BCUT2D eigenvalue weighted by Crippen LogP contribution is 2.40. The van der Waals surface area contributed by atoms with E-state index in [-0.39, 0.29) is 40.9 Å². The van der Waals surface area contributed by atoms with Gasteiger partial charge in [-0.3, -0.25) is 19.3 Å². The van der Waals surface area contributed by atoms with E-state index in [0.717, 1.165) is 0 Å². The molecule has 6 heteroatoms. The van der Waals surface area contributed by atoms with Crippen molar-refractivity contribution in [2.75, 3.05) is 4.90 Å². The number of hydrogen-bond acceptors (Lipinski definition) is 5. The van der Waals surface area contributed by atoms with Crippen molar-refractivity contribution in [1.29, 1.82) is 0 Å². The van der Waals surface area contributed by atoms with Crippen LogP contribution < -0.4 is 4.90 Å². The zero-order valence-corrected chi connectivity index (χ0v) is 17.4. The first kappa shape index (κ1) is 20.7. The molecule has 2 amide bonds. The lowest BCUT2D eigenvalue weighted by atomic mass is 9.78. The van der Waals surface area contributed by atoms with Gasteiger partial charge in [0.1, 0.15) is 0 Å². The summed E-state index contributed by atoms with van der Waals surface area (Å²) in [4.78, 5) is 52.2. The van der Waals surface area contributed by atoms with E-state index < -0.39 is 12.1 Å². The number of nitrogens with zero attached hydrogens (tertiary/aromatic N) is 1. The molecule has 1 aliphatic carbocycles. The average molecular weight is 417 g/mol. The molecule has 2 aromatic rings. The molecule has 4 rings (SSSR count). The Labute approximate surface area is 180 Å². The Bertz CT molecular complexity index is 1070. The number of ketones is 1. The van der Waals surface area contributed by atoms with E-state index in [1.165, 1.54) is 24.0 Å². The van der Waals surface area contributed by atoms with Crippen LogP contribution in [0.1, 0.15) is 41.0 Å². The van der Waals surface area contributed by atoms with Gasteiger partial charge in [0.2, 0.25) is 17.6 Å². The van der Waals surface area contributed by atoms with Crippen LogP contribution in [0.4, 0.5) is 5.69 Å². The molecule has 6 nitrogen and oxygen atoms in total. The molecule has 0 unspecified atom stereocenters. The van der Waals surface area contributed by atoms with Crippen molar-refractivity contribution in [2.45, 2.75) is 26.4 Å². The van der Waals surface area contributed by atoms with E-state index in [1.807, 2.05) is 19.1 Å². The Hall–Kier alpha value is -3.54. The van der Waals surface area contributed by atoms with Crippen LogP contribution in [0, 0.1) is 17.8 Å². The van der Waals surface area contributed by atoms with Crippen molar-refractivity contribution in [1.82, 2.24) is 0 Å².